The highest BCUT2D eigenvalue weighted by molar-refractivity contribution is 5.61. The number of hydrogen-bond acceptors (Lipinski definition) is 5. The number of benzene rings is 1. The molecule has 3 rings (SSSR count). The molecule has 2 aromatic heterocycles. The number of aromatic nitrogens is 3. The van der Waals surface area contributed by atoms with Crippen molar-refractivity contribution in [1.82, 2.24) is 15.4 Å². The molecule has 0 aliphatic carbocycles. The lowest BCUT2D eigenvalue weighted by Gasteiger charge is -2.02. The number of hydrogen-bond donors (Lipinski definition) is 0. The molecule has 0 saturated carbocycles. The molecule has 0 fully saturated rings. The van der Waals surface area contributed by atoms with E-state index < -0.39 is 11.9 Å². The molecule has 0 saturated heterocycles. The van der Waals surface area contributed by atoms with Crippen LogP contribution in [0.3, 0.4) is 0 Å². The van der Waals surface area contributed by atoms with Crippen LogP contribution in [0.1, 0.15) is 11.5 Å². The number of alkyl halides is 3. The van der Waals surface area contributed by atoms with Crippen LogP contribution in [-0.2, 0) is 6.18 Å². The van der Waals surface area contributed by atoms with Crippen LogP contribution in [-0.4, -0.2) is 15.4 Å². The summed E-state index contributed by atoms with van der Waals surface area (Å²) in [6.07, 6.45) is -4.68. The molecule has 0 aliphatic rings. The molecule has 0 atom stereocenters. The van der Waals surface area contributed by atoms with Crippen LogP contribution in [0.25, 0.3) is 22.9 Å². The third-order valence-electron chi connectivity index (χ3n) is 2.78. The second kappa shape index (κ2) is 4.72. The van der Waals surface area contributed by atoms with E-state index in [1.165, 1.54) is 6.92 Å². The van der Waals surface area contributed by atoms with Gasteiger partial charge in [0.15, 0.2) is 0 Å². The van der Waals surface area contributed by atoms with Gasteiger partial charge in [0.2, 0.25) is 5.89 Å². The van der Waals surface area contributed by atoms with Gasteiger partial charge < -0.3 is 8.94 Å². The van der Waals surface area contributed by atoms with E-state index in [2.05, 4.69) is 19.9 Å². The first-order chi connectivity index (χ1) is 9.97. The maximum absolute atomic E-state index is 12.9. The molecule has 0 spiro atoms. The van der Waals surface area contributed by atoms with Gasteiger partial charge in [-0.2, -0.15) is 13.2 Å². The van der Waals surface area contributed by atoms with Gasteiger partial charge >= 0.3 is 6.18 Å². The van der Waals surface area contributed by atoms with E-state index in [0.717, 1.165) is 0 Å². The summed E-state index contributed by atoms with van der Waals surface area (Å²) in [5.41, 5.74) is 0.307. The average molecular weight is 295 g/mol. The summed E-state index contributed by atoms with van der Waals surface area (Å²) in [6.45, 7) is 1.38. The van der Waals surface area contributed by atoms with Crippen molar-refractivity contribution in [3.05, 3.63) is 41.8 Å². The summed E-state index contributed by atoms with van der Waals surface area (Å²) in [5.74, 6) is -1.40. The van der Waals surface area contributed by atoms with Crippen LogP contribution >= 0.6 is 0 Å². The van der Waals surface area contributed by atoms with Crippen molar-refractivity contribution in [1.29, 1.82) is 0 Å². The molecular weight excluding hydrogens is 287 g/mol. The molecule has 8 heteroatoms. The molecule has 0 radical (unpaired) electrons. The Hall–Kier alpha value is -2.64. The quantitative estimate of drug-likeness (QED) is 0.721. The summed E-state index contributed by atoms with van der Waals surface area (Å²) in [5, 5.41) is 10.7. The highest BCUT2D eigenvalue weighted by Crippen LogP contribution is 2.38. The predicted octanol–water partition coefficient (Wildman–Crippen LogP) is 3.72. The molecule has 0 N–H and O–H groups in total. The smallest absolute Gasteiger partial charge is 0.416 e. The summed E-state index contributed by atoms with van der Waals surface area (Å²) in [4.78, 5) is 0. The maximum atomic E-state index is 12.9. The van der Waals surface area contributed by atoms with Crippen LogP contribution in [0, 0.1) is 6.92 Å². The van der Waals surface area contributed by atoms with Gasteiger partial charge in [-0.3, -0.25) is 0 Å². The van der Waals surface area contributed by atoms with Crippen molar-refractivity contribution in [3.63, 3.8) is 0 Å². The van der Waals surface area contributed by atoms with Gasteiger partial charge in [-0.15, -0.1) is 10.2 Å². The predicted molar refractivity (Wildman–Crippen MR) is 65.0 cm³/mol. The van der Waals surface area contributed by atoms with Crippen molar-refractivity contribution in [2.24, 2.45) is 0 Å². The molecule has 0 amide bonds. The zero-order chi connectivity index (χ0) is 15.0. The molecule has 3 aromatic rings. The summed E-state index contributed by atoms with van der Waals surface area (Å²) in [6, 6.07) is 8.73. The first-order valence-electron chi connectivity index (χ1n) is 5.89. The Balaban J connectivity index is 2.07. The van der Waals surface area contributed by atoms with Crippen LogP contribution in [0.2, 0.25) is 0 Å². The lowest BCUT2D eigenvalue weighted by molar-refractivity contribution is -0.155. The van der Waals surface area contributed by atoms with Gasteiger partial charge in [0, 0.05) is 5.56 Å². The topological polar surface area (TPSA) is 65.0 Å². The molecule has 0 aliphatic heterocycles. The lowest BCUT2D eigenvalue weighted by atomic mass is 10.2. The van der Waals surface area contributed by atoms with E-state index >= 15 is 0 Å². The Kier molecular flexibility index (Phi) is 3.00. The van der Waals surface area contributed by atoms with Crippen LogP contribution in [0.4, 0.5) is 13.2 Å². The normalized spacial score (nSPS) is 11.8. The van der Waals surface area contributed by atoms with Crippen LogP contribution < -0.4 is 0 Å². The number of aryl methyl sites for hydroxylation is 1. The van der Waals surface area contributed by atoms with E-state index in [-0.39, 0.29) is 23.0 Å². The van der Waals surface area contributed by atoms with Gasteiger partial charge in [0.25, 0.3) is 11.7 Å². The first-order valence-corrected chi connectivity index (χ1v) is 5.89. The Bertz CT molecular complexity index is 763. The Morgan fingerprint density at radius 1 is 1.00 bits per heavy atom. The fourth-order valence-corrected chi connectivity index (χ4v) is 1.84. The van der Waals surface area contributed by atoms with E-state index in [9.17, 15) is 13.2 Å². The zero-order valence-corrected chi connectivity index (χ0v) is 10.7. The van der Waals surface area contributed by atoms with Gasteiger partial charge in [-0.05, 0) is 19.1 Å². The van der Waals surface area contributed by atoms with Gasteiger partial charge in [-0.1, -0.05) is 23.4 Å². The summed E-state index contributed by atoms with van der Waals surface area (Å²) >= 11 is 0. The van der Waals surface area contributed by atoms with Crippen molar-refractivity contribution < 1.29 is 22.1 Å². The highest BCUT2D eigenvalue weighted by atomic mass is 19.4. The Labute approximate surface area is 116 Å². The zero-order valence-electron chi connectivity index (χ0n) is 10.7. The standard InChI is InChI=1S/C13H8F3N3O2/c1-7-9(10(21-19-7)13(14,15)16)12-18-17-11(20-12)8-5-3-2-4-6-8/h2-6H,1H3. The SMILES string of the molecule is Cc1noc(C(F)(F)F)c1-c1nnc(-c2ccccc2)o1. The fraction of sp³-hybridized carbons (Fsp3) is 0.154. The number of nitrogens with zero attached hydrogens (tertiary/aromatic N) is 3. The minimum Gasteiger partial charge on any atom is -0.416 e. The van der Waals surface area contributed by atoms with E-state index in [4.69, 9.17) is 4.42 Å². The summed E-state index contributed by atoms with van der Waals surface area (Å²) < 4.78 is 48.2. The minimum atomic E-state index is -4.68. The van der Waals surface area contributed by atoms with Crippen LogP contribution in [0.5, 0.6) is 0 Å². The monoisotopic (exact) mass is 295 g/mol. The average Bonchev–Trinajstić information content (AvgIpc) is 3.05. The molecular formula is C13H8F3N3O2. The maximum Gasteiger partial charge on any atom is 0.453 e. The number of halogens is 3. The van der Waals surface area contributed by atoms with Crippen molar-refractivity contribution in [2.45, 2.75) is 13.1 Å². The van der Waals surface area contributed by atoms with Gasteiger partial charge in [0.05, 0.1) is 5.69 Å². The molecule has 108 valence electrons. The molecule has 1 aromatic carbocycles. The highest BCUT2D eigenvalue weighted by Gasteiger charge is 2.41. The van der Waals surface area contributed by atoms with Crippen molar-refractivity contribution in [2.75, 3.05) is 0 Å². The minimum absolute atomic E-state index is 0.0330. The second-order valence-electron chi connectivity index (χ2n) is 4.25. The van der Waals surface area contributed by atoms with Crippen molar-refractivity contribution in [3.8, 4) is 22.9 Å². The van der Waals surface area contributed by atoms with Gasteiger partial charge in [0.1, 0.15) is 5.56 Å². The second-order valence-corrected chi connectivity index (χ2v) is 4.25. The number of rotatable bonds is 2. The van der Waals surface area contributed by atoms with Gasteiger partial charge in [-0.25, -0.2) is 0 Å². The summed E-state index contributed by atoms with van der Waals surface area (Å²) in [7, 11) is 0. The van der Waals surface area contributed by atoms with E-state index in [1.807, 2.05) is 0 Å². The molecule has 0 bridgehead atoms. The third kappa shape index (κ3) is 2.39. The Morgan fingerprint density at radius 2 is 1.67 bits per heavy atom. The third-order valence-corrected chi connectivity index (χ3v) is 2.78. The van der Waals surface area contributed by atoms with Crippen LogP contribution in [0.15, 0.2) is 39.3 Å². The molecule has 21 heavy (non-hydrogen) atoms. The lowest BCUT2D eigenvalue weighted by Crippen LogP contribution is -2.05. The van der Waals surface area contributed by atoms with Crippen molar-refractivity contribution >= 4 is 0 Å². The molecule has 2 heterocycles. The Morgan fingerprint density at radius 3 is 2.33 bits per heavy atom. The van der Waals surface area contributed by atoms with E-state index in [1.54, 1.807) is 30.3 Å². The molecule has 0 unspecified atom stereocenters. The van der Waals surface area contributed by atoms with E-state index in [0.29, 0.717) is 5.56 Å². The fourth-order valence-electron chi connectivity index (χ4n) is 1.84. The largest absolute Gasteiger partial charge is 0.453 e. The molecule has 5 nitrogen and oxygen atoms in total. The first kappa shape index (κ1) is 13.3.